The number of rotatable bonds is 12. The highest BCUT2D eigenvalue weighted by atomic mass is 32.1. The van der Waals surface area contributed by atoms with Crippen LogP contribution in [-0.2, 0) is 0 Å². The lowest BCUT2D eigenvalue weighted by Crippen LogP contribution is -1.99. The van der Waals surface area contributed by atoms with Crippen molar-refractivity contribution in [2.45, 2.75) is 0 Å². The number of hydrogen-bond acceptors (Lipinski definition) is 14. The van der Waals surface area contributed by atoms with Crippen molar-refractivity contribution in [3.63, 3.8) is 0 Å². The summed E-state index contributed by atoms with van der Waals surface area (Å²) in [6.45, 7) is 0. The molecule has 19 aromatic rings. The Morgan fingerprint density at radius 1 is 0.210 bits per heavy atom. The van der Waals surface area contributed by atoms with E-state index < -0.39 is 0 Å². The summed E-state index contributed by atoms with van der Waals surface area (Å²) in [5, 5.41) is 20.5. The SMILES string of the molecule is c1csc(-c2ccc(-c3cccs3)n2-c2ccc3c(c2)-c2nc-3nc3[nH]c(nc4nc(nc5[nH]c(n2)c2ccc(-n6c(-c7cccs7)ccc6-c6cccs6)cc52)-c2ccc(-n5c(-c6cccs6)ccc5-c5cccs5)cc2-4)c2ccc(-n4c(-c5cccs5)ccc4-c4cccs4)cc32)c1. The fourth-order valence-electron chi connectivity index (χ4n) is 14.1. The van der Waals surface area contributed by atoms with E-state index in [0.29, 0.717) is 45.9 Å². The smallest absolute Gasteiger partial charge is 0.164 e. The Labute approximate surface area is 602 Å². The number of benzene rings is 4. The Morgan fingerprint density at radius 2 is 0.440 bits per heavy atom. The summed E-state index contributed by atoms with van der Waals surface area (Å²) in [6, 6.07) is 78.6. The van der Waals surface area contributed by atoms with E-state index in [0.717, 1.165) is 151 Å². The average molecular weight is 1430 g/mol. The van der Waals surface area contributed by atoms with Crippen molar-refractivity contribution in [1.29, 1.82) is 0 Å². The van der Waals surface area contributed by atoms with E-state index in [2.05, 4.69) is 290 Å². The third-order valence-corrected chi connectivity index (χ3v) is 25.6. The Balaban J connectivity index is 0.858. The highest BCUT2D eigenvalue weighted by molar-refractivity contribution is 7.15. The summed E-state index contributed by atoms with van der Waals surface area (Å²) in [4.78, 5) is 50.8. The van der Waals surface area contributed by atoms with Crippen LogP contribution in [0.5, 0.6) is 0 Å². The van der Waals surface area contributed by atoms with Crippen LogP contribution in [0.1, 0.15) is 0 Å². The molecule has 2 N–H and O–H groups in total. The molecule has 0 amide bonds. The van der Waals surface area contributed by atoms with Crippen molar-refractivity contribution >= 4 is 135 Å². The van der Waals surface area contributed by atoms with Gasteiger partial charge in [0.1, 0.15) is 22.6 Å². The normalized spacial score (nSPS) is 12.0. The molecule has 20 heteroatoms. The van der Waals surface area contributed by atoms with Gasteiger partial charge in [-0.1, -0.05) is 48.5 Å². The Bertz CT molecular complexity index is 5910. The van der Waals surface area contributed by atoms with Gasteiger partial charge in [0.05, 0.1) is 84.6 Å². The van der Waals surface area contributed by atoms with Gasteiger partial charge in [-0.15, -0.1) is 90.7 Å². The number of aromatic nitrogens is 12. The molecule has 0 unspecified atom stereocenters. The van der Waals surface area contributed by atoms with E-state index >= 15 is 0 Å². The van der Waals surface area contributed by atoms with Gasteiger partial charge in [-0.2, -0.15) is 0 Å². The zero-order valence-corrected chi connectivity index (χ0v) is 58.7. The topological polar surface area (TPSA) is 129 Å². The predicted octanol–water partition coefficient (Wildman–Crippen LogP) is 23.9. The molecule has 8 bridgehead atoms. The minimum Gasteiger partial charge on any atom is -0.324 e. The Morgan fingerprint density at radius 3 is 0.690 bits per heavy atom. The van der Waals surface area contributed by atoms with Crippen LogP contribution in [0.4, 0.5) is 0 Å². The highest BCUT2D eigenvalue weighted by Crippen LogP contribution is 2.46. The molecule has 0 aliphatic carbocycles. The number of H-pyrrole nitrogens is 2. The molecule has 2 aliphatic heterocycles. The van der Waals surface area contributed by atoms with Crippen LogP contribution >= 0.6 is 90.7 Å². The fraction of sp³-hybridized carbons (Fsp3) is 0. The third-order valence-electron chi connectivity index (χ3n) is 18.5. The van der Waals surface area contributed by atoms with Crippen molar-refractivity contribution in [2.75, 3.05) is 0 Å². The van der Waals surface area contributed by atoms with Gasteiger partial charge in [0.15, 0.2) is 23.3 Å². The van der Waals surface area contributed by atoms with Crippen LogP contribution in [0.25, 0.3) is 197 Å². The van der Waals surface area contributed by atoms with Crippen LogP contribution in [-0.4, -0.2) is 58.1 Å². The van der Waals surface area contributed by atoms with Crippen LogP contribution < -0.4 is 0 Å². The van der Waals surface area contributed by atoms with Gasteiger partial charge in [-0.3, -0.25) is 0 Å². The summed E-state index contributed by atoms with van der Waals surface area (Å²) in [5.41, 5.74) is 18.4. The number of thiophene rings is 8. The molecule has 21 rings (SSSR count). The molecule has 474 valence electrons. The lowest BCUT2D eigenvalue weighted by Gasteiger charge is -2.14. The van der Waals surface area contributed by atoms with Crippen molar-refractivity contribution < 1.29 is 0 Å². The van der Waals surface area contributed by atoms with Crippen molar-refractivity contribution in [1.82, 2.24) is 58.1 Å². The molecule has 15 aromatic heterocycles. The molecule has 0 radical (unpaired) electrons. The molecule has 4 aromatic carbocycles. The largest absolute Gasteiger partial charge is 0.324 e. The Hall–Kier alpha value is -11.0. The average Bonchev–Trinajstić information content (AvgIpc) is 1.60. The van der Waals surface area contributed by atoms with Crippen LogP contribution in [0.3, 0.4) is 0 Å². The monoisotopic (exact) mass is 1430 g/mol. The van der Waals surface area contributed by atoms with E-state index in [-0.39, 0.29) is 0 Å². The van der Waals surface area contributed by atoms with Gasteiger partial charge in [0.2, 0.25) is 0 Å². The summed E-state index contributed by atoms with van der Waals surface area (Å²) < 4.78 is 9.45. The molecule has 0 atom stereocenters. The van der Waals surface area contributed by atoms with Crippen LogP contribution in [0.2, 0.25) is 0 Å². The lowest BCUT2D eigenvalue weighted by atomic mass is 10.1. The maximum Gasteiger partial charge on any atom is 0.164 e. The van der Waals surface area contributed by atoms with Crippen molar-refractivity contribution in [3.05, 3.63) is 261 Å². The molecule has 0 spiro atoms. The number of fused-ring (bicyclic) bond motifs is 20. The second kappa shape index (κ2) is 23.3. The van der Waals surface area contributed by atoms with E-state index in [4.69, 9.17) is 29.9 Å². The molecule has 17 heterocycles. The van der Waals surface area contributed by atoms with Gasteiger partial charge in [-0.05, 0) is 213 Å². The molecular formula is C80H46N12S8. The van der Waals surface area contributed by atoms with Gasteiger partial charge < -0.3 is 28.2 Å². The standard InChI is InChI=1S/C80H46N12S8/c1-9-65(93-33-1)57-25-26-58(66-10-2-34-94-66)89(57)45-17-21-49-53(41-45)77-81-73(49)86-78-55-43-47(91-61(69-13-5-37-97-69)29-30-62(91)70-14-6-38-98-70)19-23-51(55)75(83-78)88-80-56-44-48(92-63(71-15-7-39-99-71)31-32-64(92)72-16-8-40-100-72)20-24-52(56)76(84-80)87-79-54-42-46(18-22-50(54)74(82-79)85-77)90-59(67-11-3-35-95-67)27-28-60(90)68-12-4-36-96-68/h1-44H,(H2,81,82,83,84,85,86,87,88). The van der Waals surface area contributed by atoms with E-state index in [1.165, 1.54) is 0 Å². The van der Waals surface area contributed by atoms with E-state index in [1.54, 1.807) is 90.7 Å². The summed E-state index contributed by atoms with van der Waals surface area (Å²) in [7, 11) is 0. The molecular weight excluding hydrogens is 1390 g/mol. The number of nitrogens with one attached hydrogen (secondary N) is 2. The summed E-state index contributed by atoms with van der Waals surface area (Å²) in [5.74, 6) is 2.02. The maximum atomic E-state index is 5.69. The van der Waals surface area contributed by atoms with Gasteiger partial charge in [0.25, 0.3) is 0 Å². The number of aromatic amines is 2. The first-order valence-corrected chi connectivity index (χ1v) is 39.2. The molecule has 0 saturated carbocycles. The number of hydrogen-bond donors (Lipinski definition) is 2. The highest BCUT2D eigenvalue weighted by Gasteiger charge is 2.28. The zero-order chi connectivity index (χ0) is 65.5. The third kappa shape index (κ3) is 9.44. The lowest BCUT2D eigenvalue weighted by molar-refractivity contribution is 1.10. The maximum absolute atomic E-state index is 5.69. The summed E-state index contributed by atoms with van der Waals surface area (Å²) in [6.07, 6.45) is 0. The first-order valence-electron chi connectivity index (χ1n) is 32.1. The first kappa shape index (κ1) is 58.0. The second-order valence-electron chi connectivity index (χ2n) is 24.1. The molecule has 100 heavy (non-hydrogen) atoms. The Kier molecular flexibility index (Phi) is 13.5. The first-order chi connectivity index (χ1) is 49.5. The van der Waals surface area contributed by atoms with Gasteiger partial charge >= 0.3 is 0 Å². The number of nitrogens with zero attached hydrogens (tertiary/aromatic N) is 10. The fourth-order valence-corrected chi connectivity index (χ4v) is 20.0. The van der Waals surface area contributed by atoms with E-state index in [9.17, 15) is 0 Å². The van der Waals surface area contributed by atoms with Crippen molar-refractivity contribution in [3.8, 4) is 153 Å². The predicted molar refractivity (Wildman–Crippen MR) is 420 cm³/mol. The quantitative estimate of drug-likeness (QED) is 0.125. The molecule has 12 nitrogen and oxygen atoms in total. The molecule has 0 saturated heterocycles. The van der Waals surface area contributed by atoms with Crippen LogP contribution in [0.15, 0.2) is 261 Å². The minimum atomic E-state index is 0.505. The van der Waals surface area contributed by atoms with Gasteiger partial charge in [0, 0.05) is 66.5 Å². The van der Waals surface area contributed by atoms with Crippen molar-refractivity contribution in [2.24, 2.45) is 0 Å². The van der Waals surface area contributed by atoms with Gasteiger partial charge in [-0.25, -0.2) is 29.9 Å². The summed E-state index contributed by atoms with van der Waals surface area (Å²) >= 11 is 13.8. The molecule has 0 fully saturated rings. The van der Waals surface area contributed by atoms with Crippen LogP contribution in [0, 0.1) is 0 Å². The second-order valence-corrected chi connectivity index (χ2v) is 31.7. The van der Waals surface area contributed by atoms with E-state index in [1.807, 2.05) is 0 Å². The minimum absolute atomic E-state index is 0.505. The zero-order valence-electron chi connectivity index (χ0n) is 52.1. The molecule has 2 aliphatic rings.